The normalized spacial score (nSPS) is 10.2. The van der Waals surface area contributed by atoms with Crippen LogP contribution in [0.4, 0.5) is 0 Å². The highest BCUT2D eigenvalue weighted by Gasteiger charge is 2.11. The maximum Gasteiger partial charge on any atom is 0.194 e. The zero-order valence-electron chi connectivity index (χ0n) is 10.1. The molecule has 0 amide bonds. The van der Waals surface area contributed by atoms with Crippen molar-refractivity contribution in [2.75, 3.05) is 7.11 Å². The molecule has 0 unspecified atom stereocenters. The molecule has 0 radical (unpaired) electrons. The molecular weight excluding hydrogens is 250 g/mol. The minimum atomic E-state index is -0.0961. The Morgan fingerprint density at radius 3 is 2.67 bits per heavy atom. The number of aryl methyl sites for hydroxylation is 1. The number of ether oxygens (including phenoxy) is 1. The fourth-order valence-corrected chi connectivity index (χ4v) is 1.72. The lowest BCUT2D eigenvalue weighted by Crippen LogP contribution is -2.02. The van der Waals surface area contributed by atoms with Crippen LogP contribution in [0.15, 0.2) is 36.7 Å². The molecule has 1 aromatic carbocycles. The van der Waals surface area contributed by atoms with Crippen molar-refractivity contribution in [3.8, 4) is 5.75 Å². The van der Waals surface area contributed by atoms with E-state index >= 15 is 0 Å². The van der Waals surface area contributed by atoms with Crippen LogP contribution in [0.5, 0.6) is 5.75 Å². The highest BCUT2D eigenvalue weighted by Crippen LogP contribution is 2.19. The first kappa shape index (κ1) is 12.6. The molecule has 0 saturated carbocycles. The molecule has 92 valence electrons. The van der Waals surface area contributed by atoms with Crippen molar-refractivity contribution >= 4 is 17.4 Å². The van der Waals surface area contributed by atoms with Gasteiger partial charge >= 0.3 is 0 Å². The van der Waals surface area contributed by atoms with E-state index in [-0.39, 0.29) is 5.78 Å². The molecule has 2 aromatic rings. The lowest BCUT2D eigenvalue weighted by Gasteiger charge is -2.05. The summed E-state index contributed by atoms with van der Waals surface area (Å²) in [5, 5.41) is 0.648. The van der Waals surface area contributed by atoms with E-state index in [1.807, 2.05) is 6.92 Å². The number of rotatable bonds is 3. The monoisotopic (exact) mass is 261 g/mol. The molecule has 4 heteroatoms. The molecule has 0 spiro atoms. The second kappa shape index (κ2) is 5.19. The van der Waals surface area contributed by atoms with Crippen LogP contribution >= 0.6 is 11.6 Å². The fourth-order valence-electron chi connectivity index (χ4n) is 1.61. The van der Waals surface area contributed by atoms with Gasteiger partial charge in [0.2, 0.25) is 0 Å². The predicted molar refractivity (Wildman–Crippen MR) is 70.4 cm³/mol. The van der Waals surface area contributed by atoms with Gasteiger partial charge in [0.25, 0.3) is 0 Å². The average molecular weight is 262 g/mol. The third-order valence-corrected chi connectivity index (χ3v) is 3.06. The Labute approximate surface area is 110 Å². The standard InChI is InChI=1S/C14H12ClNO2/c1-9-5-10(3-4-13(9)15)14(17)11-6-12(18-2)8-16-7-11/h3-8H,1-2H3. The van der Waals surface area contributed by atoms with Crippen molar-refractivity contribution in [1.29, 1.82) is 0 Å². The van der Waals surface area contributed by atoms with Gasteiger partial charge in [0.1, 0.15) is 5.75 Å². The first-order valence-electron chi connectivity index (χ1n) is 5.41. The third kappa shape index (κ3) is 2.51. The van der Waals surface area contributed by atoms with E-state index < -0.39 is 0 Å². The van der Waals surface area contributed by atoms with Crippen molar-refractivity contribution in [3.05, 3.63) is 58.4 Å². The van der Waals surface area contributed by atoms with Crippen LogP contribution in [0.3, 0.4) is 0 Å². The lowest BCUT2D eigenvalue weighted by molar-refractivity contribution is 0.103. The molecule has 3 nitrogen and oxygen atoms in total. The second-order valence-electron chi connectivity index (χ2n) is 3.91. The maximum atomic E-state index is 12.2. The van der Waals surface area contributed by atoms with E-state index in [9.17, 15) is 4.79 Å². The van der Waals surface area contributed by atoms with Crippen molar-refractivity contribution < 1.29 is 9.53 Å². The molecule has 18 heavy (non-hydrogen) atoms. The number of carbonyl (C=O) groups excluding carboxylic acids is 1. The zero-order valence-corrected chi connectivity index (χ0v) is 10.9. The van der Waals surface area contributed by atoms with Gasteiger partial charge in [-0.2, -0.15) is 0 Å². The molecule has 0 aliphatic carbocycles. The van der Waals surface area contributed by atoms with Crippen LogP contribution in [0.2, 0.25) is 5.02 Å². The number of hydrogen-bond donors (Lipinski definition) is 0. The average Bonchev–Trinajstić information content (AvgIpc) is 2.41. The largest absolute Gasteiger partial charge is 0.495 e. The van der Waals surface area contributed by atoms with Crippen LogP contribution < -0.4 is 4.74 Å². The Balaban J connectivity index is 2.38. The van der Waals surface area contributed by atoms with Crippen molar-refractivity contribution in [2.45, 2.75) is 6.92 Å². The van der Waals surface area contributed by atoms with Crippen LogP contribution in [-0.2, 0) is 0 Å². The highest BCUT2D eigenvalue weighted by atomic mass is 35.5. The molecule has 0 fully saturated rings. The van der Waals surface area contributed by atoms with E-state index in [4.69, 9.17) is 16.3 Å². The minimum Gasteiger partial charge on any atom is -0.495 e. The van der Waals surface area contributed by atoms with Gasteiger partial charge in [-0.05, 0) is 36.8 Å². The molecule has 1 aromatic heterocycles. The number of ketones is 1. The Bertz CT molecular complexity index is 596. The number of aromatic nitrogens is 1. The molecule has 0 atom stereocenters. The Kier molecular flexibility index (Phi) is 3.63. The van der Waals surface area contributed by atoms with Gasteiger partial charge in [0.05, 0.1) is 13.3 Å². The van der Waals surface area contributed by atoms with E-state index in [1.54, 1.807) is 30.5 Å². The first-order chi connectivity index (χ1) is 8.61. The number of halogens is 1. The predicted octanol–water partition coefficient (Wildman–Crippen LogP) is 3.28. The van der Waals surface area contributed by atoms with Gasteiger partial charge in [0.15, 0.2) is 5.78 Å². The maximum absolute atomic E-state index is 12.2. The topological polar surface area (TPSA) is 39.2 Å². The number of methoxy groups -OCH3 is 1. The minimum absolute atomic E-state index is 0.0961. The van der Waals surface area contributed by atoms with Gasteiger partial charge < -0.3 is 4.74 Å². The second-order valence-corrected chi connectivity index (χ2v) is 4.31. The lowest BCUT2D eigenvalue weighted by atomic mass is 10.0. The summed E-state index contributed by atoms with van der Waals surface area (Å²) in [6, 6.07) is 6.86. The van der Waals surface area contributed by atoms with Gasteiger partial charge in [-0.3, -0.25) is 9.78 Å². The number of pyridine rings is 1. The van der Waals surface area contributed by atoms with Gasteiger partial charge in [-0.1, -0.05) is 11.6 Å². The quantitative estimate of drug-likeness (QED) is 0.796. The number of carbonyl (C=O) groups is 1. The summed E-state index contributed by atoms with van der Waals surface area (Å²) in [7, 11) is 1.54. The first-order valence-corrected chi connectivity index (χ1v) is 5.79. The number of hydrogen-bond acceptors (Lipinski definition) is 3. The summed E-state index contributed by atoms with van der Waals surface area (Å²) in [5.41, 5.74) is 1.96. The molecule has 0 N–H and O–H groups in total. The number of benzene rings is 1. The van der Waals surface area contributed by atoms with E-state index in [0.29, 0.717) is 21.9 Å². The summed E-state index contributed by atoms with van der Waals surface area (Å²) in [4.78, 5) is 16.2. The van der Waals surface area contributed by atoms with Crippen molar-refractivity contribution in [1.82, 2.24) is 4.98 Å². The molecular formula is C14H12ClNO2. The van der Waals surface area contributed by atoms with Gasteiger partial charge in [0, 0.05) is 22.3 Å². The summed E-state index contributed by atoms with van der Waals surface area (Å²) in [6.45, 7) is 1.86. The van der Waals surface area contributed by atoms with Gasteiger partial charge in [-0.25, -0.2) is 0 Å². The number of nitrogens with zero attached hydrogens (tertiary/aromatic N) is 1. The third-order valence-electron chi connectivity index (χ3n) is 2.63. The van der Waals surface area contributed by atoms with Crippen LogP contribution in [-0.4, -0.2) is 17.9 Å². The Morgan fingerprint density at radius 1 is 1.22 bits per heavy atom. The molecule has 0 aliphatic heterocycles. The van der Waals surface area contributed by atoms with Crippen molar-refractivity contribution in [2.24, 2.45) is 0 Å². The fraction of sp³-hybridized carbons (Fsp3) is 0.143. The molecule has 0 aliphatic rings. The molecule has 0 saturated heterocycles. The Hall–Kier alpha value is -1.87. The Morgan fingerprint density at radius 2 is 2.00 bits per heavy atom. The molecule has 0 bridgehead atoms. The van der Waals surface area contributed by atoms with Crippen molar-refractivity contribution in [3.63, 3.8) is 0 Å². The van der Waals surface area contributed by atoms with Crippen LogP contribution in [0.25, 0.3) is 0 Å². The summed E-state index contributed by atoms with van der Waals surface area (Å²) < 4.78 is 5.05. The molecule has 2 rings (SSSR count). The highest BCUT2D eigenvalue weighted by molar-refractivity contribution is 6.31. The summed E-state index contributed by atoms with van der Waals surface area (Å²) in [5.74, 6) is 0.465. The van der Waals surface area contributed by atoms with Crippen LogP contribution in [0.1, 0.15) is 21.5 Å². The smallest absolute Gasteiger partial charge is 0.194 e. The molecule has 1 heterocycles. The summed E-state index contributed by atoms with van der Waals surface area (Å²) in [6.07, 6.45) is 3.08. The zero-order chi connectivity index (χ0) is 13.1. The van der Waals surface area contributed by atoms with Crippen LogP contribution in [0, 0.1) is 6.92 Å². The SMILES string of the molecule is COc1cncc(C(=O)c2ccc(Cl)c(C)c2)c1. The van der Waals surface area contributed by atoms with E-state index in [2.05, 4.69) is 4.98 Å². The van der Waals surface area contributed by atoms with Gasteiger partial charge in [-0.15, -0.1) is 0 Å². The van der Waals surface area contributed by atoms with E-state index in [1.165, 1.54) is 13.3 Å². The summed E-state index contributed by atoms with van der Waals surface area (Å²) >= 11 is 5.94. The van der Waals surface area contributed by atoms with E-state index in [0.717, 1.165) is 5.56 Å².